The van der Waals surface area contributed by atoms with E-state index in [0.29, 0.717) is 34.9 Å². The van der Waals surface area contributed by atoms with E-state index in [9.17, 15) is 14.7 Å². The van der Waals surface area contributed by atoms with Crippen LogP contribution in [0.1, 0.15) is 53.2 Å². The average molecular weight is 531 g/mol. The molecule has 9 heteroatoms. The Morgan fingerprint density at radius 3 is 2.62 bits per heavy atom. The molecular formula is C30H30N2O7. The largest absolute Gasteiger partial charge is 0.487 e. The quantitative estimate of drug-likeness (QED) is 0.424. The standard InChI is InChI=1S/C30H30N2O7/c1-17(18-5-3-2-4-6-18)31-28(34)14-21-13-23-22-12-20(8-10-24(22)39-29(23)27(15-33)38-21)32-30(35)19-7-9-25-26(11-19)37-16-36-25/h2-12,17,21,23,27,29,33H,13-16H2,1H3,(H,31,34)(H,32,35)/t17-,21+,23+,27-,29-/m1/s1. The summed E-state index contributed by atoms with van der Waals surface area (Å²) >= 11 is 0. The smallest absolute Gasteiger partial charge is 0.255 e. The minimum atomic E-state index is -0.563. The van der Waals surface area contributed by atoms with Crippen LogP contribution in [0, 0.1) is 0 Å². The predicted molar refractivity (Wildman–Crippen MR) is 142 cm³/mol. The molecule has 3 aliphatic heterocycles. The Morgan fingerprint density at radius 2 is 1.79 bits per heavy atom. The molecule has 202 valence electrons. The Bertz CT molecular complexity index is 1380. The highest BCUT2D eigenvalue weighted by Gasteiger charge is 2.46. The number of hydrogen-bond acceptors (Lipinski definition) is 7. The molecule has 3 N–H and O–H groups in total. The summed E-state index contributed by atoms with van der Waals surface area (Å²) in [6.45, 7) is 1.87. The fourth-order valence-electron chi connectivity index (χ4n) is 5.54. The number of rotatable bonds is 7. The zero-order valence-electron chi connectivity index (χ0n) is 21.5. The van der Waals surface area contributed by atoms with E-state index in [-0.39, 0.29) is 55.8 Å². The second kappa shape index (κ2) is 10.6. The van der Waals surface area contributed by atoms with Gasteiger partial charge in [0, 0.05) is 22.7 Å². The van der Waals surface area contributed by atoms with Gasteiger partial charge < -0.3 is 34.7 Å². The first-order valence-corrected chi connectivity index (χ1v) is 13.1. The average Bonchev–Trinajstić information content (AvgIpc) is 3.57. The van der Waals surface area contributed by atoms with Crippen molar-refractivity contribution in [3.8, 4) is 17.2 Å². The first-order valence-electron chi connectivity index (χ1n) is 13.1. The van der Waals surface area contributed by atoms with E-state index in [1.807, 2.05) is 49.4 Å². The third-order valence-electron chi connectivity index (χ3n) is 7.48. The van der Waals surface area contributed by atoms with Crippen molar-refractivity contribution in [1.82, 2.24) is 5.32 Å². The van der Waals surface area contributed by atoms with Gasteiger partial charge in [0.15, 0.2) is 11.5 Å². The number of aliphatic hydroxyl groups excluding tert-OH is 1. The molecule has 2 amide bonds. The first kappa shape index (κ1) is 25.2. The fraction of sp³-hybridized carbons (Fsp3) is 0.333. The van der Waals surface area contributed by atoms with E-state index in [0.717, 1.165) is 11.1 Å². The SMILES string of the molecule is C[C@@H](NC(=O)C[C@@H]1C[C@H]2c3cc(NC(=O)c4ccc5c(c4)OCO5)ccc3O[C@H]2[C@@H](CO)O1)c1ccccc1. The maximum atomic E-state index is 12.9. The van der Waals surface area contributed by atoms with E-state index < -0.39 is 6.10 Å². The molecule has 0 spiro atoms. The van der Waals surface area contributed by atoms with Crippen LogP contribution in [-0.4, -0.2) is 48.6 Å². The molecule has 1 fully saturated rings. The topological polar surface area (TPSA) is 115 Å². The molecule has 6 rings (SSSR count). The van der Waals surface area contributed by atoms with Gasteiger partial charge in [-0.15, -0.1) is 0 Å². The molecule has 5 atom stereocenters. The van der Waals surface area contributed by atoms with Gasteiger partial charge in [-0.05, 0) is 55.3 Å². The van der Waals surface area contributed by atoms with Crippen molar-refractivity contribution in [2.75, 3.05) is 18.7 Å². The summed E-state index contributed by atoms with van der Waals surface area (Å²) in [6.07, 6.45) is -0.583. The summed E-state index contributed by atoms with van der Waals surface area (Å²) in [4.78, 5) is 25.8. The van der Waals surface area contributed by atoms with Crippen LogP contribution in [-0.2, 0) is 9.53 Å². The second-order valence-corrected chi connectivity index (χ2v) is 10.1. The highest BCUT2D eigenvalue weighted by Crippen LogP contribution is 2.47. The van der Waals surface area contributed by atoms with Crippen LogP contribution in [0.15, 0.2) is 66.7 Å². The molecule has 0 aromatic heterocycles. The van der Waals surface area contributed by atoms with Crippen molar-refractivity contribution in [2.24, 2.45) is 0 Å². The van der Waals surface area contributed by atoms with Crippen LogP contribution in [0.5, 0.6) is 17.2 Å². The molecular weight excluding hydrogens is 500 g/mol. The summed E-state index contributed by atoms with van der Waals surface area (Å²) in [5, 5.41) is 16.0. The second-order valence-electron chi connectivity index (χ2n) is 10.1. The Balaban J connectivity index is 1.14. The normalized spacial score (nSPS) is 23.2. The monoisotopic (exact) mass is 530 g/mol. The number of fused-ring (bicyclic) bond motifs is 4. The highest BCUT2D eigenvalue weighted by molar-refractivity contribution is 6.04. The number of benzene rings is 3. The Morgan fingerprint density at radius 1 is 1.00 bits per heavy atom. The van der Waals surface area contributed by atoms with Gasteiger partial charge in [0.05, 0.1) is 25.2 Å². The van der Waals surface area contributed by atoms with Gasteiger partial charge in [0.25, 0.3) is 5.91 Å². The number of nitrogens with one attached hydrogen (secondary N) is 2. The van der Waals surface area contributed by atoms with Gasteiger partial charge in [-0.2, -0.15) is 0 Å². The van der Waals surface area contributed by atoms with E-state index in [1.165, 1.54) is 0 Å². The van der Waals surface area contributed by atoms with Crippen LogP contribution in [0.3, 0.4) is 0 Å². The van der Waals surface area contributed by atoms with E-state index in [4.69, 9.17) is 18.9 Å². The number of amides is 2. The number of carbonyl (C=O) groups is 2. The van der Waals surface area contributed by atoms with Gasteiger partial charge in [-0.3, -0.25) is 9.59 Å². The Hall–Kier alpha value is -4.08. The van der Waals surface area contributed by atoms with Gasteiger partial charge >= 0.3 is 0 Å². The number of aliphatic hydroxyl groups is 1. The summed E-state index contributed by atoms with van der Waals surface area (Å²) in [5.41, 5.74) is 3.03. The molecule has 0 aliphatic carbocycles. The minimum Gasteiger partial charge on any atom is -0.487 e. The molecule has 3 heterocycles. The van der Waals surface area contributed by atoms with Crippen LogP contribution in [0.25, 0.3) is 0 Å². The zero-order chi connectivity index (χ0) is 26.9. The van der Waals surface area contributed by atoms with Gasteiger partial charge in [0.1, 0.15) is 18.0 Å². The molecule has 0 saturated carbocycles. The van der Waals surface area contributed by atoms with Gasteiger partial charge in [-0.1, -0.05) is 30.3 Å². The molecule has 0 unspecified atom stereocenters. The minimum absolute atomic E-state index is 0.0855. The number of carbonyl (C=O) groups excluding carboxylic acids is 2. The lowest BCUT2D eigenvalue weighted by atomic mass is 9.84. The predicted octanol–water partition coefficient (Wildman–Crippen LogP) is 3.93. The lowest BCUT2D eigenvalue weighted by Gasteiger charge is -2.37. The summed E-state index contributed by atoms with van der Waals surface area (Å²) in [5.74, 6) is 1.37. The third kappa shape index (κ3) is 5.15. The maximum absolute atomic E-state index is 12.9. The Labute approximate surface area is 226 Å². The van der Waals surface area contributed by atoms with Crippen molar-refractivity contribution in [3.63, 3.8) is 0 Å². The van der Waals surface area contributed by atoms with E-state index >= 15 is 0 Å². The Kier molecular flexibility index (Phi) is 6.85. The maximum Gasteiger partial charge on any atom is 0.255 e. The van der Waals surface area contributed by atoms with Gasteiger partial charge in [0.2, 0.25) is 12.7 Å². The van der Waals surface area contributed by atoms with Crippen molar-refractivity contribution >= 4 is 17.5 Å². The number of anilines is 1. The van der Waals surface area contributed by atoms with Crippen molar-refractivity contribution in [2.45, 2.75) is 50.0 Å². The number of hydrogen-bond donors (Lipinski definition) is 3. The van der Waals surface area contributed by atoms with Crippen LogP contribution in [0.2, 0.25) is 0 Å². The molecule has 0 radical (unpaired) electrons. The van der Waals surface area contributed by atoms with Crippen LogP contribution < -0.4 is 24.8 Å². The van der Waals surface area contributed by atoms with Crippen LogP contribution in [0.4, 0.5) is 5.69 Å². The highest BCUT2D eigenvalue weighted by atomic mass is 16.7. The van der Waals surface area contributed by atoms with Gasteiger partial charge in [-0.25, -0.2) is 0 Å². The summed E-state index contributed by atoms with van der Waals surface area (Å²) in [7, 11) is 0. The lowest BCUT2D eigenvalue weighted by Crippen LogP contribution is -2.47. The summed E-state index contributed by atoms with van der Waals surface area (Å²) < 4.78 is 23.0. The molecule has 0 bridgehead atoms. The molecule has 9 nitrogen and oxygen atoms in total. The fourth-order valence-corrected chi connectivity index (χ4v) is 5.54. The molecule has 3 aromatic carbocycles. The molecule has 3 aromatic rings. The lowest BCUT2D eigenvalue weighted by molar-refractivity contribution is -0.142. The van der Waals surface area contributed by atoms with Crippen molar-refractivity contribution in [1.29, 1.82) is 0 Å². The van der Waals surface area contributed by atoms with E-state index in [2.05, 4.69) is 10.6 Å². The molecule has 39 heavy (non-hydrogen) atoms. The third-order valence-corrected chi connectivity index (χ3v) is 7.48. The van der Waals surface area contributed by atoms with Crippen molar-refractivity contribution < 1.29 is 33.6 Å². The van der Waals surface area contributed by atoms with E-state index in [1.54, 1.807) is 24.3 Å². The molecule has 3 aliphatic rings. The number of ether oxygens (including phenoxy) is 4. The van der Waals surface area contributed by atoms with Crippen molar-refractivity contribution in [3.05, 3.63) is 83.4 Å². The first-order chi connectivity index (χ1) is 19.0. The molecule has 1 saturated heterocycles. The summed E-state index contributed by atoms with van der Waals surface area (Å²) in [6, 6.07) is 20.2. The zero-order valence-corrected chi connectivity index (χ0v) is 21.5. The van der Waals surface area contributed by atoms with Crippen LogP contribution >= 0.6 is 0 Å².